The van der Waals surface area contributed by atoms with Crippen LogP contribution in [-0.2, 0) is 4.79 Å². The molecular formula is C11H20N2O2. The van der Waals surface area contributed by atoms with Gasteiger partial charge in [0.2, 0.25) is 0 Å². The standard InChI is InChI=1S/C11H20N2O2/c1-13-6-2-3-9(7-13)12-10(11(14)15)8-4-5-8/h8-10,12H,2-7H2,1H3,(H,14,15). The summed E-state index contributed by atoms with van der Waals surface area (Å²) in [6.45, 7) is 2.12. The molecule has 1 saturated heterocycles. The van der Waals surface area contributed by atoms with Gasteiger partial charge >= 0.3 is 5.97 Å². The summed E-state index contributed by atoms with van der Waals surface area (Å²) in [5.74, 6) is -0.291. The van der Waals surface area contributed by atoms with Crippen molar-refractivity contribution in [1.29, 1.82) is 0 Å². The van der Waals surface area contributed by atoms with Crippen LogP contribution < -0.4 is 5.32 Å². The molecule has 2 rings (SSSR count). The SMILES string of the molecule is CN1CCCC(NC(C(=O)O)C2CC2)C1. The molecular weight excluding hydrogens is 192 g/mol. The van der Waals surface area contributed by atoms with Gasteiger partial charge in [-0.2, -0.15) is 0 Å². The molecule has 4 nitrogen and oxygen atoms in total. The Morgan fingerprint density at radius 1 is 1.47 bits per heavy atom. The maximum absolute atomic E-state index is 11.1. The highest BCUT2D eigenvalue weighted by molar-refractivity contribution is 5.74. The van der Waals surface area contributed by atoms with Crippen molar-refractivity contribution in [2.75, 3.05) is 20.1 Å². The number of aliphatic carboxylic acids is 1. The number of nitrogens with zero attached hydrogens (tertiary/aromatic N) is 1. The molecule has 1 heterocycles. The Kier molecular flexibility index (Phi) is 3.26. The fraction of sp³-hybridized carbons (Fsp3) is 0.909. The Morgan fingerprint density at radius 2 is 2.20 bits per heavy atom. The molecule has 0 radical (unpaired) electrons. The Bertz CT molecular complexity index is 241. The summed E-state index contributed by atoms with van der Waals surface area (Å²) in [5.41, 5.74) is 0. The normalized spacial score (nSPS) is 30.1. The first-order valence-corrected chi connectivity index (χ1v) is 5.84. The van der Waals surface area contributed by atoms with E-state index in [1.54, 1.807) is 0 Å². The van der Waals surface area contributed by atoms with Crippen LogP contribution in [0.1, 0.15) is 25.7 Å². The summed E-state index contributed by atoms with van der Waals surface area (Å²) in [5, 5.41) is 12.4. The van der Waals surface area contributed by atoms with Crippen molar-refractivity contribution < 1.29 is 9.90 Å². The second-order valence-electron chi connectivity index (χ2n) is 4.92. The Balaban J connectivity index is 1.85. The smallest absolute Gasteiger partial charge is 0.320 e. The Morgan fingerprint density at radius 3 is 2.73 bits per heavy atom. The van der Waals surface area contributed by atoms with Crippen LogP contribution >= 0.6 is 0 Å². The number of carboxylic acid groups (broad SMARTS) is 1. The number of carboxylic acids is 1. The van der Waals surface area contributed by atoms with E-state index in [1.807, 2.05) is 0 Å². The molecule has 2 N–H and O–H groups in total. The fourth-order valence-electron chi connectivity index (χ4n) is 2.39. The number of likely N-dealkylation sites (N-methyl/N-ethyl adjacent to an activating group) is 1. The van der Waals surface area contributed by atoms with Crippen LogP contribution in [0.3, 0.4) is 0 Å². The lowest BCUT2D eigenvalue weighted by Crippen LogP contribution is -2.51. The molecule has 1 aliphatic carbocycles. The number of likely N-dealkylation sites (tertiary alicyclic amines) is 1. The van der Waals surface area contributed by atoms with Gasteiger partial charge in [0.05, 0.1) is 0 Å². The topological polar surface area (TPSA) is 52.6 Å². The number of carbonyl (C=O) groups is 1. The van der Waals surface area contributed by atoms with Crippen LogP contribution in [0.25, 0.3) is 0 Å². The average Bonchev–Trinajstić information content (AvgIpc) is 2.97. The number of piperidine rings is 1. The molecule has 0 amide bonds. The molecule has 4 heteroatoms. The first-order chi connectivity index (χ1) is 7.16. The van der Waals surface area contributed by atoms with Gasteiger partial charge in [0.15, 0.2) is 0 Å². The van der Waals surface area contributed by atoms with E-state index in [0.717, 1.165) is 32.4 Å². The van der Waals surface area contributed by atoms with Crippen molar-refractivity contribution in [3.63, 3.8) is 0 Å². The predicted molar refractivity (Wildman–Crippen MR) is 57.8 cm³/mol. The fourth-order valence-corrected chi connectivity index (χ4v) is 2.39. The Labute approximate surface area is 90.6 Å². The lowest BCUT2D eigenvalue weighted by Gasteiger charge is -2.32. The lowest BCUT2D eigenvalue weighted by molar-refractivity contribution is -0.140. The maximum atomic E-state index is 11.1. The maximum Gasteiger partial charge on any atom is 0.320 e. The molecule has 1 saturated carbocycles. The van der Waals surface area contributed by atoms with Gasteiger partial charge in [0.25, 0.3) is 0 Å². The van der Waals surface area contributed by atoms with Crippen LogP contribution in [0.5, 0.6) is 0 Å². The van der Waals surface area contributed by atoms with E-state index in [9.17, 15) is 4.79 Å². The van der Waals surface area contributed by atoms with Crippen molar-refractivity contribution in [3.05, 3.63) is 0 Å². The van der Waals surface area contributed by atoms with E-state index in [0.29, 0.717) is 12.0 Å². The van der Waals surface area contributed by atoms with E-state index in [2.05, 4.69) is 17.3 Å². The van der Waals surface area contributed by atoms with Crippen LogP contribution in [0.2, 0.25) is 0 Å². The summed E-state index contributed by atoms with van der Waals surface area (Å²) in [6, 6.07) is 0.0620. The summed E-state index contributed by atoms with van der Waals surface area (Å²) >= 11 is 0. The molecule has 15 heavy (non-hydrogen) atoms. The third kappa shape index (κ3) is 2.92. The summed E-state index contributed by atoms with van der Waals surface area (Å²) in [4.78, 5) is 13.3. The molecule has 0 aromatic rings. The zero-order valence-electron chi connectivity index (χ0n) is 9.28. The second kappa shape index (κ2) is 4.49. The molecule has 0 spiro atoms. The van der Waals surface area contributed by atoms with Gasteiger partial charge in [-0.3, -0.25) is 4.79 Å². The third-order valence-corrected chi connectivity index (χ3v) is 3.40. The molecule has 0 bridgehead atoms. The van der Waals surface area contributed by atoms with Gasteiger partial charge in [-0.1, -0.05) is 0 Å². The first kappa shape index (κ1) is 10.9. The van der Waals surface area contributed by atoms with Crippen molar-refractivity contribution in [2.24, 2.45) is 5.92 Å². The summed E-state index contributed by atoms with van der Waals surface area (Å²) in [7, 11) is 2.10. The number of hydrogen-bond acceptors (Lipinski definition) is 3. The molecule has 86 valence electrons. The van der Waals surface area contributed by atoms with Crippen LogP contribution in [0, 0.1) is 5.92 Å². The van der Waals surface area contributed by atoms with E-state index >= 15 is 0 Å². The minimum Gasteiger partial charge on any atom is -0.480 e. The molecule has 2 atom stereocenters. The van der Waals surface area contributed by atoms with Crippen molar-refractivity contribution in [2.45, 2.75) is 37.8 Å². The molecule has 0 aromatic carbocycles. The highest BCUT2D eigenvalue weighted by atomic mass is 16.4. The second-order valence-corrected chi connectivity index (χ2v) is 4.92. The van der Waals surface area contributed by atoms with E-state index in [4.69, 9.17) is 5.11 Å². The summed E-state index contributed by atoms with van der Waals surface area (Å²) < 4.78 is 0. The molecule has 2 aliphatic rings. The van der Waals surface area contributed by atoms with Crippen LogP contribution in [0.4, 0.5) is 0 Å². The zero-order valence-corrected chi connectivity index (χ0v) is 9.28. The average molecular weight is 212 g/mol. The number of hydrogen-bond donors (Lipinski definition) is 2. The van der Waals surface area contributed by atoms with Gasteiger partial charge < -0.3 is 15.3 Å². The Hall–Kier alpha value is -0.610. The van der Waals surface area contributed by atoms with E-state index in [1.165, 1.54) is 6.42 Å². The minimum absolute atomic E-state index is 0.304. The van der Waals surface area contributed by atoms with Crippen LogP contribution in [0.15, 0.2) is 0 Å². The zero-order chi connectivity index (χ0) is 10.8. The first-order valence-electron chi connectivity index (χ1n) is 5.84. The van der Waals surface area contributed by atoms with Gasteiger partial charge in [0.1, 0.15) is 6.04 Å². The molecule has 1 aliphatic heterocycles. The van der Waals surface area contributed by atoms with Gasteiger partial charge in [-0.05, 0) is 45.2 Å². The summed E-state index contributed by atoms with van der Waals surface area (Å²) in [6.07, 6.45) is 4.44. The van der Waals surface area contributed by atoms with Crippen molar-refractivity contribution >= 4 is 5.97 Å². The molecule has 2 unspecified atom stereocenters. The van der Waals surface area contributed by atoms with Gasteiger partial charge in [-0.25, -0.2) is 0 Å². The molecule has 0 aromatic heterocycles. The quantitative estimate of drug-likeness (QED) is 0.714. The van der Waals surface area contributed by atoms with E-state index in [-0.39, 0.29) is 6.04 Å². The third-order valence-electron chi connectivity index (χ3n) is 3.40. The number of rotatable bonds is 4. The van der Waals surface area contributed by atoms with Crippen LogP contribution in [-0.4, -0.2) is 48.2 Å². The number of nitrogens with one attached hydrogen (secondary N) is 1. The highest BCUT2D eigenvalue weighted by Gasteiger charge is 2.37. The van der Waals surface area contributed by atoms with Gasteiger partial charge in [-0.15, -0.1) is 0 Å². The lowest BCUT2D eigenvalue weighted by atomic mass is 10.0. The predicted octanol–water partition coefficient (Wildman–Crippen LogP) is 0.533. The van der Waals surface area contributed by atoms with Crippen molar-refractivity contribution in [1.82, 2.24) is 10.2 Å². The van der Waals surface area contributed by atoms with Gasteiger partial charge in [0, 0.05) is 12.6 Å². The largest absolute Gasteiger partial charge is 0.480 e. The van der Waals surface area contributed by atoms with Crippen molar-refractivity contribution in [3.8, 4) is 0 Å². The van der Waals surface area contributed by atoms with E-state index < -0.39 is 5.97 Å². The molecule has 2 fully saturated rings. The minimum atomic E-state index is -0.675. The highest BCUT2D eigenvalue weighted by Crippen LogP contribution is 2.33. The monoisotopic (exact) mass is 212 g/mol.